The van der Waals surface area contributed by atoms with Gasteiger partial charge in [0.15, 0.2) is 11.5 Å². The number of nitrogens with one attached hydrogen (secondary N) is 2. The minimum absolute atomic E-state index is 0.254. The molecule has 0 radical (unpaired) electrons. The molecule has 1 aromatic carbocycles. The molecule has 0 aromatic heterocycles. The summed E-state index contributed by atoms with van der Waals surface area (Å²) in [5, 5.41) is 5.73. The van der Waals surface area contributed by atoms with E-state index in [4.69, 9.17) is 14.2 Å². The van der Waals surface area contributed by atoms with Gasteiger partial charge in [0.05, 0.1) is 31.9 Å². The molecule has 2 aliphatic rings. The van der Waals surface area contributed by atoms with Crippen LogP contribution in [0.4, 0.5) is 4.79 Å². The van der Waals surface area contributed by atoms with Crippen molar-refractivity contribution in [3.63, 3.8) is 0 Å². The van der Waals surface area contributed by atoms with Crippen LogP contribution in [0.2, 0.25) is 0 Å². The van der Waals surface area contributed by atoms with Gasteiger partial charge in [-0.2, -0.15) is 0 Å². The van der Waals surface area contributed by atoms with Gasteiger partial charge in [0.2, 0.25) is 0 Å². The van der Waals surface area contributed by atoms with E-state index in [1.807, 2.05) is 13.0 Å². The van der Waals surface area contributed by atoms with Crippen LogP contribution >= 0.6 is 0 Å². The molecule has 0 bridgehead atoms. The first kappa shape index (κ1) is 22.9. The molecule has 31 heavy (non-hydrogen) atoms. The molecule has 2 aliphatic heterocycles. The lowest BCUT2D eigenvalue weighted by molar-refractivity contribution is -0.139. The third-order valence-corrected chi connectivity index (χ3v) is 5.73. The Morgan fingerprint density at radius 3 is 2.55 bits per heavy atom. The lowest BCUT2D eigenvalue weighted by atomic mass is 9.94. The molecular weight excluding hydrogens is 398 g/mol. The maximum atomic E-state index is 13.0. The minimum Gasteiger partial charge on any atom is -0.493 e. The molecule has 0 spiro atoms. The van der Waals surface area contributed by atoms with Crippen LogP contribution in [-0.4, -0.2) is 56.9 Å². The second-order valence-corrected chi connectivity index (χ2v) is 7.95. The van der Waals surface area contributed by atoms with Crippen molar-refractivity contribution in [2.24, 2.45) is 5.92 Å². The van der Waals surface area contributed by atoms with Crippen molar-refractivity contribution in [3.8, 4) is 11.5 Å². The standard InChI is InChI=1S/C23H33N3O5/c1-5-30-18-8-7-16(13-19(18)29-4)21-20(22(27)31-6-2)17(24-23(28)25-21)14-26-11-9-15(3)10-12-26/h7-8,13,15,21H,5-6,9-12,14H2,1-4H3,(H2,24,25,28). The lowest BCUT2D eigenvalue weighted by Gasteiger charge is -2.34. The number of methoxy groups -OCH3 is 1. The Morgan fingerprint density at radius 1 is 1.16 bits per heavy atom. The number of amides is 2. The van der Waals surface area contributed by atoms with E-state index in [0.717, 1.165) is 31.5 Å². The summed E-state index contributed by atoms with van der Waals surface area (Å²) in [5.41, 5.74) is 1.74. The Hall–Kier alpha value is -2.74. The van der Waals surface area contributed by atoms with Gasteiger partial charge in [-0.3, -0.25) is 4.90 Å². The number of hydrogen-bond donors (Lipinski definition) is 2. The van der Waals surface area contributed by atoms with E-state index in [9.17, 15) is 9.59 Å². The fourth-order valence-electron chi connectivity index (χ4n) is 4.02. The molecule has 2 N–H and O–H groups in total. The van der Waals surface area contributed by atoms with Gasteiger partial charge in [0.1, 0.15) is 0 Å². The second-order valence-electron chi connectivity index (χ2n) is 7.95. The molecular formula is C23H33N3O5. The van der Waals surface area contributed by atoms with Gasteiger partial charge in [-0.25, -0.2) is 9.59 Å². The van der Waals surface area contributed by atoms with Gasteiger partial charge in [-0.05, 0) is 63.4 Å². The van der Waals surface area contributed by atoms with Crippen LogP contribution in [0.25, 0.3) is 0 Å². The molecule has 1 atom stereocenters. The monoisotopic (exact) mass is 431 g/mol. The number of piperidine rings is 1. The Kier molecular flexibility index (Phi) is 7.79. The topological polar surface area (TPSA) is 89.1 Å². The average molecular weight is 432 g/mol. The fraction of sp³-hybridized carbons (Fsp3) is 0.565. The SMILES string of the molecule is CCOC(=O)C1=C(CN2CCC(C)CC2)NC(=O)NC1c1ccc(OCC)c(OC)c1. The van der Waals surface area contributed by atoms with E-state index >= 15 is 0 Å². The zero-order valence-electron chi connectivity index (χ0n) is 18.8. The average Bonchev–Trinajstić information content (AvgIpc) is 2.75. The Morgan fingerprint density at radius 2 is 1.90 bits per heavy atom. The van der Waals surface area contributed by atoms with Crippen LogP contribution in [-0.2, 0) is 9.53 Å². The molecule has 1 unspecified atom stereocenters. The summed E-state index contributed by atoms with van der Waals surface area (Å²) in [6.07, 6.45) is 2.21. The predicted octanol–water partition coefficient (Wildman–Crippen LogP) is 3.00. The highest BCUT2D eigenvalue weighted by Gasteiger charge is 2.35. The van der Waals surface area contributed by atoms with Crippen molar-refractivity contribution in [1.29, 1.82) is 0 Å². The van der Waals surface area contributed by atoms with Gasteiger partial charge < -0.3 is 24.8 Å². The van der Waals surface area contributed by atoms with E-state index in [1.165, 1.54) is 0 Å². The minimum atomic E-state index is -0.643. The summed E-state index contributed by atoms with van der Waals surface area (Å²) in [7, 11) is 1.56. The van der Waals surface area contributed by atoms with Crippen LogP contribution in [0.15, 0.2) is 29.5 Å². The summed E-state index contributed by atoms with van der Waals surface area (Å²) in [5.74, 6) is 1.41. The number of nitrogens with zero attached hydrogens (tertiary/aromatic N) is 1. The zero-order valence-corrected chi connectivity index (χ0v) is 18.8. The van der Waals surface area contributed by atoms with E-state index < -0.39 is 12.0 Å². The van der Waals surface area contributed by atoms with E-state index in [-0.39, 0.29) is 12.6 Å². The van der Waals surface area contributed by atoms with E-state index in [2.05, 4.69) is 22.5 Å². The summed E-state index contributed by atoms with van der Waals surface area (Å²) >= 11 is 0. The molecule has 0 saturated carbocycles. The van der Waals surface area contributed by atoms with Crippen LogP contribution in [0.1, 0.15) is 45.2 Å². The number of carbonyl (C=O) groups is 2. The Balaban J connectivity index is 1.98. The van der Waals surface area contributed by atoms with Crippen molar-refractivity contribution in [2.75, 3.05) is 40.0 Å². The molecule has 1 fully saturated rings. The molecule has 170 valence electrons. The van der Waals surface area contributed by atoms with Crippen LogP contribution < -0.4 is 20.1 Å². The Labute approximate surface area is 183 Å². The first-order valence-electron chi connectivity index (χ1n) is 11.0. The van der Waals surface area contributed by atoms with E-state index in [0.29, 0.717) is 41.8 Å². The summed E-state index contributed by atoms with van der Waals surface area (Å²) < 4.78 is 16.4. The molecule has 3 rings (SSSR count). The first-order valence-corrected chi connectivity index (χ1v) is 11.0. The molecule has 8 heteroatoms. The number of benzene rings is 1. The number of carbonyl (C=O) groups excluding carboxylic acids is 2. The maximum absolute atomic E-state index is 13.0. The van der Waals surface area contributed by atoms with Gasteiger partial charge in [0, 0.05) is 12.2 Å². The van der Waals surface area contributed by atoms with Crippen LogP contribution in [0.3, 0.4) is 0 Å². The number of rotatable bonds is 8. The maximum Gasteiger partial charge on any atom is 0.338 e. The van der Waals surface area contributed by atoms with E-state index in [1.54, 1.807) is 26.2 Å². The second kappa shape index (κ2) is 10.5. The first-order chi connectivity index (χ1) is 15.0. The largest absolute Gasteiger partial charge is 0.493 e. The molecule has 1 aromatic rings. The summed E-state index contributed by atoms with van der Waals surface area (Å²) in [6.45, 7) is 9.05. The quantitative estimate of drug-likeness (QED) is 0.615. The predicted molar refractivity (Wildman–Crippen MR) is 117 cm³/mol. The molecule has 2 heterocycles. The number of ether oxygens (including phenoxy) is 3. The van der Waals surface area contributed by atoms with Crippen LogP contribution in [0, 0.1) is 5.92 Å². The lowest BCUT2D eigenvalue weighted by Crippen LogP contribution is -2.49. The highest BCUT2D eigenvalue weighted by atomic mass is 16.5. The van der Waals surface area contributed by atoms with Gasteiger partial charge in [0.25, 0.3) is 0 Å². The highest BCUT2D eigenvalue weighted by Crippen LogP contribution is 2.35. The highest BCUT2D eigenvalue weighted by molar-refractivity contribution is 5.95. The number of urea groups is 1. The summed E-state index contributed by atoms with van der Waals surface area (Å²) in [4.78, 5) is 27.8. The van der Waals surface area contributed by atoms with Crippen molar-refractivity contribution in [1.82, 2.24) is 15.5 Å². The molecule has 1 saturated heterocycles. The van der Waals surface area contributed by atoms with Gasteiger partial charge >= 0.3 is 12.0 Å². The van der Waals surface area contributed by atoms with Gasteiger partial charge in [-0.15, -0.1) is 0 Å². The van der Waals surface area contributed by atoms with Gasteiger partial charge in [-0.1, -0.05) is 13.0 Å². The number of likely N-dealkylation sites (tertiary alicyclic amines) is 1. The van der Waals surface area contributed by atoms with Crippen molar-refractivity contribution >= 4 is 12.0 Å². The smallest absolute Gasteiger partial charge is 0.338 e. The number of hydrogen-bond acceptors (Lipinski definition) is 6. The van der Waals surface area contributed by atoms with Crippen molar-refractivity contribution < 1.29 is 23.8 Å². The molecule has 8 nitrogen and oxygen atoms in total. The molecule has 0 aliphatic carbocycles. The number of esters is 1. The molecule has 2 amide bonds. The third-order valence-electron chi connectivity index (χ3n) is 5.73. The third kappa shape index (κ3) is 5.50. The Bertz CT molecular complexity index is 831. The zero-order chi connectivity index (χ0) is 22.4. The van der Waals surface area contributed by atoms with Crippen molar-refractivity contribution in [2.45, 2.75) is 39.7 Å². The van der Waals surface area contributed by atoms with Crippen molar-refractivity contribution in [3.05, 3.63) is 35.0 Å². The summed E-state index contributed by atoms with van der Waals surface area (Å²) in [6, 6.07) is 4.44. The van der Waals surface area contributed by atoms with Crippen LogP contribution in [0.5, 0.6) is 11.5 Å². The fourth-order valence-corrected chi connectivity index (χ4v) is 4.02. The normalized spacial score (nSPS) is 20.1.